The van der Waals surface area contributed by atoms with Gasteiger partial charge in [0.25, 0.3) is 5.91 Å². The van der Waals surface area contributed by atoms with Crippen molar-refractivity contribution in [2.75, 3.05) is 19.6 Å². The zero-order valence-corrected chi connectivity index (χ0v) is 14.1. The van der Waals surface area contributed by atoms with Gasteiger partial charge in [-0.2, -0.15) is 0 Å². The molecule has 130 valence electrons. The van der Waals surface area contributed by atoms with E-state index in [1.54, 1.807) is 24.0 Å². The summed E-state index contributed by atoms with van der Waals surface area (Å²) >= 11 is 0. The molecule has 0 bridgehead atoms. The Morgan fingerprint density at radius 3 is 2.58 bits per heavy atom. The lowest BCUT2D eigenvalue weighted by atomic mass is 9.80. The lowest BCUT2D eigenvalue weighted by Gasteiger charge is -2.39. The summed E-state index contributed by atoms with van der Waals surface area (Å²) in [6.45, 7) is 4.45. The second-order valence-corrected chi connectivity index (χ2v) is 6.71. The number of nitrogens with zero attached hydrogens (tertiary/aromatic N) is 1. The number of amides is 2. The minimum absolute atomic E-state index is 0.0757. The largest absolute Gasteiger partial charge is 0.481 e. The molecule has 0 radical (unpaired) electrons. The number of piperidine rings is 1. The van der Waals surface area contributed by atoms with Crippen molar-refractivity contribution < 1.29 is 19.5 Å². The Hall–Kier alpha value is -2.37. The highest BCUT2D eigenvalue weighted by molar-refractivity contribution is 5.95. The Labute approximate surface area is 141 Å². The second-order valence-electron chi connectivity index (χ2n) is 6.71. The lowest BCUT2D eigenvalue weighted by molar-refractivity contribution is -0.141. The molecule has 0 aromatic heterocycles. The van der Waals surface area contributed by atoms with Gasteiger partial charge in [0.15, 0.2) is 0 Å². The summed E-state index contributed by atoms with van der Waals surface area (Å²) in [6, 6.07) is 9.02. The Morgan fingerprint density at radius 2 is 1.96 bits per heavy atom. The van der Waals surface area contributed by atoms with Gasteiger partial charge in [-0.1, -0.05) is 25.1 Å². The lowest BCUT2D eigenvalue weighted by Crippen LogP contribution is -2.52. The van der Waals surface area contributed by atoms with Crippen LogP contribution in [-0.2, 0) is 9.59 Å². The summed E-state index contributed by atoms with van der Waals surface area (Å²) in [5.74, 6) is -1.84. The van der Waals surface area contributed by atoms with Crippen LogP contribution in [0.2, 0.25) is 0 Å². The van der Waals surface area contributed by atoms with Crippen molar-refractivity contribution in [3.8, 4) is 0 Å². The molecule has 2 rings (SSSR count). The normalized spacial score (nSPS) is 21.8. The summed E-state index contributed by atoms with van der Waals surface area (Å²) in [5, 5.41) is 11.6. The molecule has 6 nitrogen and oxygen atoms in total. The van der Waals surface area contributed by atoms with E-state index in [2.05, 4.69) is 5.32 Å². The minimum atomic E-state index is -0.940. The maximum Gasteiger partial charge on any atom is 0.308 e. The van der Waals surface area contributed by atoms with Crippen LogP contribution in [0.15, 0.2) is 30.3 Å². The van der Waals surface area contributed by atoms with Crippen LogP contribution < -0.4 is 5.32 Å². The zero-order chi connectivity index (χ0) is 17.7. The first-order valence-electron chi connectivity index (χ1n) is 8.19. The summed E-state index contributed by atoms with van der Waals surface area (Å²) in [7, 11) is 0. The maximum absolute atomic E-state index is 12.6. The van der Waals surface area contributed by atoms with E-state index >= 15 is 0 Å². The van der Waals surface area contributed by atoms with Gasteiger partial charge in [0.2, 0.25) is 5.91 Å². The second kappa shape index (κ2) is 7.47. The van der Waals surface area contributed by atoms with Crippen LogP contribution in [0.1, 0.15) is 37.0 Å². The summed E-state index contributed by atoms with van der Waals surface area (Å²) < 4.78 is 0. The van der Waals surface area contributed by atoms with Crippen molar-refractivity contribution >= 4 is 17.8 Å². The van der Waals surface area contributed by atoms with E-state index in [0.717, 1.165) is 6.42 Å². The number of hydrogen-bond donors (Lipinski definition) is 2. The van der Waals surface area contributed by atoms with Crippen molar-refractivity contribution in [2.24, 2.45) is 11.3 Å². The third-order valence-corrected chi connectivity index (χ3v) is 4.54. The highest BCUT2D eigenvalue weighted by atomic mass is 16.4. The monoisotopic (exact) mass is 332 g/mol. The average Bonchev–Trinajstić information content (AvgIpc) is 2.59. The Bertz CT molecular complexity index is 617. The maximum atomic E-state index is 12.6. The average molecular weight is 332 g/mol. The van der Waals surface area contributed by atoms with E-state index in [1.165, 1.54) is 0 Å². The molecule has 1 aromatic rings. The number of rotatable bonds is 5. The van der Waals surface area contributed by atoms with Gasteiger partial charge >= 0.3 is 5.97 Å². The molecular formula is C18H24N2O4. The molecule has 1 aliphatic rings. The predicted octanol–water partition coefficient (Wildman–Crippen LogP) is 1.77. The fourth-order valence-electron chi connectivity index (χ4n) is 2.91. The molecule has 1 heterocycles. The van der Waals surface area contributed by atoms with E-state index < -0.39 is 17.3 Å². The standard InChI is InChI=1S/C18H24N2O4/c1-13(16(22)23)11-19-17(24)18(2)9-6-10-20(12-18)15(21)14-7-4-3-5-8-14/h3-5,7-8,13H,6,9-12H2,1-2H3,(H,19,24)(H,22,23). The van der Waals surface area contributed by atoms with Crippen molar-refractivity contribution in [3.05, 3.63) is 35.9 Å². The van der Waals surface area contributed by atoms with Crippen LogP contribution in [0.3, 0.4) is 0 Å². The number of likely N-dealkylation sites (tertiary alicyclic amines) is 1. The minimum Gasteiger partial charge on any atom is -0.481 e. The number of aliphatic carboxylic acids is 1. The van der Waals surface area contributed by atoms with E-state index in [4.69, 9.17) is 5.11 Å². The van der Waals surface area contributed by atoms with Crippen LogP contribution in [0.5, 0.6) is 0 Å². The van der Waals surface area contributed by atoms with Gasteiger partial charge in [0.05, 0.1) is 11.3 Å². The first-order chi connectivity index (χ1) is 11.3. The number of hydrogen-bond acceptors (Lipinski definition) is 3. The van der Waals surface area contributed by atoms with Gasteiger partial charge in [-0.05, 0) is 31.9 Å². The molecule has 0 saturated carbocycles. The number of carboxylic acid groups (broad SMARTS) is 1. The third kappa shape index (κ3) is 4.13. The highest BCUT2D eigenvalue weighted by Crippen LogP contribution is 2.30. The molecule has 1 fully saturated rings. The van der Waals surface area contributed by atoms with Crippen LogP contribution in [0.4, 0.5) is 0 Å². The van der Waals surface area contributed by atoms with Crippen molar-refractivity contribution in [1.82, 2.24) is 10.2 Å². The molecule has 1 saturated heterocycles. The van der Waals surface area contributed by atoms with Gasteiger partial charge in [0.1, 0.15) is 0 Å². The molecule has 1 aliphatic heterocycles. The topological polar surface area (TPSA) is 86.7 Å². The molecule has 24 heavy (non-hydrogen) atoms. The number of carbonyl (C=O) groups is 3. The third-order valence-electron chi connectivity index (χ3n) is 4.54. The van der Waals surface area contributed by atoms with Gasteiger partial charge < -0.3 is 15.3 Å². The fourth-order valence-corrected chi connectivity index (χ4v) is 2.91. The summed E-state index contributed by atoms with van der Waals surface area (Å²) in [5.41, 5.74) is -0.0809. The molecule has 0 aliphatic carbocycles. The highest BCUT2D eigenvalue weighted by Gasteiger charge is 2.39. The number of benzene rings is 1. The SMILES string of the molecule is CC(CNC(=O)C1(C)CCCN(C(=O)c2ccccc2)C1)C(=O)O. The molecule has 6 heteroatoms. The smallest absolute Gasteiger partial charge is 0.308 e. The van der Waals surface area contributed by atoms with Gasteiger partial charge in [-0.3, -0.25) is 14.4 Å². The Balaban J connectivity index is 2.01. The van der Waals surface area contributed by atoms with E-state index in [-0.39, 0.29) is 18.4 Å². The van der Waals surface area contributed by atoms with Crippen molar-refractivity contribution in [1.29, 1.82) is 0 Å². The zero-order valence-electron chi connectivity index (χ0n) is 14.1. The van der Waals surface area contributed by atoms with E-state index in [0.29, 0.717) is 25.1 Å². The fraction of sp³-hybridized carbons (Fsp3) is 0.500. The number of carbonyl (C=O) groups excluding carboxylic acids is 2. The Kier molecular flexibility index (Phi) is 5.59. The molecule has 2 amide bonds. The van der Waals surface area contributed by atoms with E-state index in [1.807, 2.05) is 25.1 Å². The molecule has 1 aromatic carbocycles. The van der Waals surface area contributed by atoms with Crippen LogP contribution >= 0.6 is 0 Å². The van der Waals surface area contributed by atoms with Crippen molar-refractivity contribution in [3.63, 3.8) is 0 Å². The van der Waals surface area contributed by atoms with Crippen LogP contribution in [0, 0.1) is 11.3 Å². The van der Waals surface area contributed by atoms with Crippen LogP contribution in [-0.4, -0.2) is 47.4 Å². The van der Waals surface area contributed by atoms with Crippen LogP contribution in [0.25, 0.3) is 0 Å². The molecule has 2 atom stereocenters. The predicted molar refractivity (Wildman–Crippen MR) is 89.5 cm³/mol. The van der Waals surface area contributed by atoms with Gasteiger partial charge in [-0.15, -0.1) is 0 Å². The Morgan fingerprint density at radius 1 is 1.29 bits per heavy atom. The van der Waals surface area contributed by atoms with E-state index in [9.17, 15) is 14.4 Å². The number of carboxylic acids is 1. The summed E-state index contributed by atoms with van der Waals surface area (Å²) in [6.07, 6.45) is 1.43. The molecule has 2 N–H and O–H groups in total. The first kappa shape index (κ1) is 18.0. The van der Waals surface area contributed by atoms with Crippen molar-refractivity contribution in [2.45, 2.75) is 26.7 Å². The van der Waals surface area contributed by atoms with Gasteiger partial charge in [-0.25, -0.2) is 0 Å². The van der Waals surface area contributed by atoms with Gasteiger partial charge in [0, 0.05) is 25.2 Å². The first-order valence-corrected chi connectivity index (χ1v) is 8.19. The molecule has 2 unspecified atom stereocenters. The quantitative estimate of drug-likeness (QED) is 0.860. The molecule has 0 spiro atoms. The number of nitrogens with one attached hydrogen (secondary N) is 1. The molecular weight excluding hydrogens is 308 g/mol. The summed E-state index contributed by atoms with van der Waals surface area (Å²) in [4.78, 5) is 37.7.